The number of benzene rings is 1. The zero-order valence-corrected chi connectivity index (χ0v) is 21.4. The quantitative estimate of drug-likeness (QED) is 0.0935. The predicted molar refractivity (Wildman–Crippen MR) is 124 cm³/mol. The van der Waals surface area contributed by atoms with Crippen LogP contribution in [0.4, 0.5) is 35.1 Å². The maximum Gasteiger partial charge on any atom is 0.458 e. The number of alkyl halides is 5. The van der Waals surface area contributed by atoms with Crippen molar-refractivity contribution in [1.29, 1.82) is 0 Å². The summed E-state index contributed by atoms with van der Waals surface area (Å²) >= 11 is 0. The van der Waals surface area contributed by atoms with Crippen LogP contribution in [0, 0.1) is 29.3 Å². The van der Waals surface area contributed by atoms with E-state index in [0.717, 1.165) is 51.4 Å². The Kier molecular flexibility index (Phi) is 12.8. The molecule has 0 bridgehead atoms. The standard InChI is InChI=1S/C25H37F8P/c1-5-8-9-10-14-34(16-17(4)12-13-18(7-3)11-6-2)20-15-19(26)22(27)21(23(20)28)24(29,30)25(31,32)33/h15,17-18H,5-14,16H2,1-4H3. The first kappa shape index (κ1) is 31.1. The molecular weight excluding hydrogens is 483 g/mol. The zero-order valence-electron chi connectivity index (χ0n) is 20.5. The highest BCUT2D eigenvalue weighted by Crippen LogP contribution is 2.48. The first-order valence-corrected chi connectivity index (χ1v) is 13.9. The van der Waals surface area contributed by atoms with Crippen LogP contribution in [0.15, 0.2) is 6.07 Å². The Hall–Kier alpha value is -0.910. The fourth-order valence-electron chi connectivity index (χ4n) is 4.23. The van der Waals surface area contributed by atoms with Gasteiger partial charge in [-0.25, -0.2) is 13.2 Å². The Morgan fingerprint density at radius 3 is 2.00 bits per heavy atom. The van der Waals surface area contributed by atoms with Gasteiger partial charge in [0.25, 0.3) is 0 Å². The van der Waals surface area contributed by atoms with Crippen molar-refractivity contribution in [2.75, 3.05) is 12.3 Å². The van der Waals surface area contributed by atoms with Crippen molar-refractivity contribution < 1.29 is 35.1 Å². The number of hydrogen-bond acceptors (Lipinski definition) is 0. The second-order valence-electron chi connectivity index (χ2n) is 9.20. The fourth-order valence-corrected chi connectivity index (χ4v) is 7.07. The lowest BCUT2D eigenvalue weighted by atomic mass is 9.92. The first-order valence-electron chi connectivity index (χ1n) is 12.2. The molecule has 3 unspecified atom stereocenters. The van der Waals surface area contributed by atoms with E-state index >= 15 is 4.39 Å². The molecule has 0 fully saturated rings. The minimum absolute atomic E-state index is 0.0438. The van der Waals surface area contributed by atoms with Crippen molar-refractivity contribution in [3.63, 3.8) is 0 Å². The van der Waals surface area contributed by atoms with E-state index in [0.29, 0.717) is 30.7 Å². The average Bonchev–Trinajstić information content (AvgIpc) is 2.75. The van der Waals surface area contributed by atoms with Gasteiger partial charge in [0.2, 0.25) is 0 Å². The van der Waals surface area contributed by atoms with Gasteiger partial charge in [0, 0.05) is 5.30 Å². The third kappa shape index (κ3) is 8.34. The van der Waals surface area contributed by atoms with Crippen LogP contribution in [0.3, 0.4) is 0 Å². The summed E-state index contributed by atoms with van der Waals surface area (Å²) in [5.74, 6) is -11.6. The molecule has 0 aliphatic rings. The van der Waals surface area contributed by atoms with Gasteiger partial charge in [-0.3, -0.25) is 0 Å². The zero-order chi connectivity index (χ0) is 26.1. The van der Waals surface area contributed by atoms with Gasteiger partial charge in [0.05, 0.1) is 0 Å². The molecule has 1 aromatic rings. The lowest BCUT2D eigenvalue weighted by molar-refractivity contribution is -0.291. The minimum Gasteiger partial charge on any atom is -0.206 e. The fraction of sp³-hybridized carbons (Fsp3) is 0.760. The molecule has 0 nitrogen and oxygen atoms in total. The molecule has 198 valence electrons. The Bertz CT molecular complexity index is 747. The monoisotopic (exact) mass is 520 g/mol. The van der Waals surface area contributed by atoms with Crippen molar-refractivity contribution in [3.05, 3.63) is 29.1 Å². The van der Waals surface area contributed by atoms with Crippen molar-refractivity contribution in [2.45, 2.75) is 97.6 Å². The summed E-state index contributed by atoms with van der Waals surface area (Å²) in [5.41, 5.74) is -2.53. The van der Waals surface area contributed by atoms with E-state index < -0.39 is 48.3 Å². The normalized spacial score (nSPS) is 15.4. The second-order valence-corrected chi connectivity index (χ2v) is 11.6. The molecule has 1 rings (SSSR count). The third-order valence-electron chi connectivity index (χ3n) is 6.30. The summed E-state index contributed by atoms with van der Waals surface area (Å²) < 4.78 is 110. The lowest BCUT2D eigenvalue weighted by Gasteiger charge is -2.27. The molecule has 0 amide bonds. The molecule has 0 spiro atoms. The van der Waals surface area contributed by atoms with Crippen LogP contribution < -0.4 is 5.30 Å². The van der Waals surface area contributed by atoms with Gasteiger partial charge in [0.1, 0.15) is 11.4 Å². The molecule has 0 radical (unpaired) electrons. The molecule has 0 heterocycles. The van der Waals surface area contributed by atoms with Crippen LogP contribution in [-0.2, 0) is 5.92 Å². The smallest absolute Gasteiger partial charge is 0.206 e. The van der Waals surface area contributed by atoms with Crippen molar-refractivity contribution in [1.82, 2.24) is 0 Å². The number of hydrogen-bond donors (Lipinski definition) is 0. The van der Waals surface area contributed by atoms with E-state index in [1.807, 2.05) is 13.8 Å². The van der Waals surface area contributed by atoms with Crippen molar-refractivity contribution in [2.24, 2.45) is 11.8 Å². The summed E-state index contributed by atoms with van der Waals surface area (Å²) in [4.78, 5) is 0. The highest BCUT2D eigenvalue weighted by atomic mass is 31.1. The molecular formula is C25H37F8P. The average molecular weight is 521 g/mol. The molecule has 9 heteroatoms. The lowest BCUT2D eigenvalue weighted by Crippen LogP contribution is -2.37. The highest BCUT2D eigenvalue weighted by Gasteiger charge is 2.62. The van der Waals surface area contributed by atoms with E-state index in [1.165, 1.54) is 0 Å². The molecule has 34 heavy (non-hydrogen) atoms. The SMILES string of the molecule is CCCCCCP(CC(C)CCC(CC)CCC)c1cc(F)c(F)c(C(F)(F)C(F)(F)F)c1F. The molecule has 0 saturated heterocycles. The Morgan fingerprint density at radius 2 is 1.47 bits per heavy atom. The van der Waals surface area contributed by atoms with Gasteiger partial charge in [-0.2, -0.15) is 22.0 Å². The van der Waals surface area contributed by atoms with Gasteiger partial charge in [-0.15, -0.1) is 0 Å². The summed E-state index contributed by atoms with van der Waals surface area (Å²) in [6.07, 6.45) is 2.57. The summed E-state index contributed by atoms with van der Waals surface area (Å²) in [6, 6.07) is 0.491. The molecule has 1 aromatic carbocycles. The Labute approximate surface area is 199 Å². The maximum absolute atomic E-state index is 15.1. The van der Waals surface area contributed by atoms with Crippen LogP contribution in [0.5, 0.6) is 0 Å². The van der Waals surface area contributed by atoms with E-state index in [4.69, 9.17) is 0 Å². The summed E-state index contributed by atoms with van der Waals surface area (Å²) in [7, 11) is -1.59. The van der Waals surface area contributed by atoms with Crippen LogP contribution in [0.1, 0.15) is 91.0 Å². The highest BCUT2D eigenvalue weighted by molar-refractivity contribution is 7.65. The van der Waals surface area contributed by atoms with Gasteiger partial charge < -0.3 is 0 Å². The topological polar surface area (TPSA) is 0 Å². The minimum atomic E-state index is -6.24. The van der Waals surface area contributed by atoms with E-state index in [-0.39, 0.29) is 5.92 Å². The number of unbranched alkanes of at least 4 members (excludes halogenated alkanes) is 3. The van der Waals surface area contributed by atoms with Gasteiger partial charge in [-0.1, -0.05) is 87.0 Å². The molecule has 0 aliphatic carbocycles. The molecule has 0 N–H and O–H groups in total. The molecule has 0 aromatic heterocycles. The predicted octanol–water partition coefficient (Wildman–Crippen LogP) is 9.69. The van der Waals surface area contributed by atoms with Crippen LogP contribution in [-0.4, -0.2) is 18.5 Å². The largest absolute Gasteiger partial charge is 0.458 e. The first-order chi connectivity index (χ1) is 15.8. The summed E-state index contributed by atoms with van der Waals surface area (Å²) in [5, 5.41) is -0.531. The van der Waals surface area contributed by atoms with E-state index in [9.17, 15) is 30.7 Å². The number of halogens is 8. The van der Waals surface area contributed by atoms with E-state index in [2.05, 4.69) is 13.8 Å². The van der Waals surface area contributed by atoms with Crippen LogP contribution in [0.25, 0.3) is 0 Å². The molecule has 3 atom stereocenters. The van der Waals surface area contributed by atoms with Crippen molar-refractivity contribution >= 4 is 13.2 Å². The number of rotatable bonds is 15. The Balaban J connectivity index is 3.31. The van der Waals surface area contributed by atoms with E-state index in [1.54, 1.807) is 0 Å². The van der Waals surface area contributed by atoms with Gasteiger partial charge in [0.15, 0.2) is 11.6 Å². The Morgan fingerprint density at radius 1 is 0.824 bits per heavy atom. The second kappa shape index (κ2) is 14.0. The van der Waals surface area contributed by atoms with Gasteiger partial charge >= 0.3 is 12.1 Å². The van der Waals surface area contributed by atoms with Crippen LogP contribution >= 0.6 is 7.92 Å². The maximum atomic E-state index is 15.1. The van der Waals surface area contributed by atoms with Gasteiger partial charge in [-0.05, 0) is 36.6 Å². The van der Waals surface area contributed by atoms with Crippen LogP contribution in [0.2, 0.25) is 0 Å². The molecule has 0 saturated carbocycles. The summed E-state index contributed by atoms with van der Waals surface area (Å²) in [6.45, 7) is 8.13. The molecule has 0 aliphatic heterocycles. The third-order valence-corrected chi connectivity index (χ3v) is 9.23. The van der Waals surface area contributed by atoms with Crippen molar-refractivity contribution in [3.8, 4) is 0 Å².